The van der Waals surface area contributed by atoms with Gasteiger partial charge in [-0.05, 0) is 30.9 Å². The Hall–Kier alpha value is -2.44. The molecular formula is C17H19FN4O2. The van der Waals surface area contributed by atoms with Crippen molar-refractivity contribution in [3.63, 3.8) is 0 Å². The Morgan fingerprint density at radius 1 is 1.33 bits per heavy atom. The molecule has 2 aliphatic heterocycles. The molecule has 0 aromatic carbocycles. The van der Waals surface area contributed by atoms with Crippen LogP contribution in [0, 0.1) is 24.7 Å². The molecule has 2 saturated heterocycles. The smallest absolute Gasteiger partial charge is 0.277 e. The van der Waals surface area contributed by atoms with Crippen LogP contribution in [0.25, 0.3) is 5.65 Å². The van der Waals surface area contributed by atoms with Gasteiger partial charge < -0.3 is 9.80 Å². The van der Waals surface area contributed by atoms with Crippen molar-refractivity contribution < 1.29 is 14.0 Å². The number of likely N-dealkylation sites (tertiary alicyclic amines) is 2. The van der Waals surface area contributed by atoms with E-state index in [1.54, 1.807) is 29.1 Å². The fourth-order valence-corrected chi connectivity index (χ4v) is 3.77. The normalized spacial score (nSPS) is 23.9. The summed E-state index contributed by atoms with van der Waals surface area (Å²) in [6.45, 7) is 3.41. The average Bonchev–Trinajstić information content (AvgIpc) is 3.13. The van der Waals surface area contributed by atoms with E-state index in [4.69, 9.17) is 0 Å². The number of rotatable bonds is 1. The van der Waals surface area contributed by atoms with Crippen LogP contribution >= 0.6 is 0 Å². The molecule has 24 heavy (non-hydrogen) atoms. The Morgan fingerprint density at radius 3 is 2.92 bits per heavy atom. The van der Waals surface area contributed by atoms with Gasteiger partial charge in [0.1, 0.15) is 5.65 Å². The predicted octanol–water partition coefficient (Wildman–Crippen LogP) is 1.33. The third-order valence-corrected chi connectivity index (χ3v) is 5.17. The number of pyridine rings is 1. The van der Waals surface area contributed by atoms with Gasteiger partial charge in [-0.1, -0.05) is 6.07 Å². The van der Waals surface area contributed by atoms with Crippen molar-refractivity contribution in [2.24, 2.45) is 11.8 Å². The fourth-order valence-electron chi connectivity index (χ4n) is 3.77. The van der Waals surface area contributed by atoms with Gasteiger partial charge in [-0.25, -0.2) is 4.98 Å². The lowest BCUT2D eigenvalue weighted by atomic mass is 9.88. The van der Waals surface area contributed by atoms with E-state index in [0.717, 1.165) is 12.0 Å². The summed E-state index contributed by atoms with van der Waals surface area (Å²) in [5.74, 6) is -1.00. The van der Waals surface area contributed by atoms with Crippen molar-refractivity contribution in [3.8, 4) is 0 Å². The van der Waals surface area contributed by atoms with Crippen molar-refractivity contribution in [3.05, 3.63) is 35.5 Å². The van der Waals surface area contributed by atoms with Gasteiger partial charge in [-0.2, -0.15) is 4.39 Å². The molecule has 6 nitrogen and oxygen atoms in total. The van der Waals surface area contributed by atoms with Crippen LogP contribution in [0.4, 0.5) is 4.39 Å². The number of carbonyl (C=O) groups excluding carboxylic acids is 2. The van der Waals surface area contributed by atoms with Gasteiger partial charge in [-0.15, -0.1) is 0 Å². The summed E-state index contributed by atoms with van der Waals surface area (Å²) in [6, 6.07) is 3.52. The monoisotopic (exact) mass is 330 g/mol. The van der Waals surface area contributed by atoms with Crippen LogP contribution in [0.15, 0.2) is 18.3 Å². The van der Waals surface area contributed by atoms with Gasteiger partial charge in [-0.3, -0.25) is 14.0 Å². The highest BCUT2D eigenvalue weighted by Crippen LogP contribution is 2.32. The molecule has 2 atom stereocenters. The molecule has 2 unspecified atom stereocenters. The Bertz CT molecular complexity index is 846. The number of nitrogens with zero attached hydrogens (tertiary/aromatic N) is 4. The third-order valence-electron chi connectivity index (χ3n) is 5.17. The van der Waals surface area contributed by atoms with Crippen LogP contribution in [-0.4, -0.2) is 57.7 Å². The van der Waals surface area contributed by atoms with Gasteiger partial charge in [0.2, 0.25) is 11.9 Å². The van der Waals surface area contributed by atoms with Gasteiger partial charge in [0.25, 0.3) is 5.91 Å². The summed E-state index contributed by atoms with van der Waals surface area (Å²) >= 11 is 0. The summed E-state index contributed by atoms with van der Waals surface area (Å²) in [7, 11) is 1.78. The second-order valence-corrected chi connectivity index (χ2v) is 6.81. The Labute approximate surface area is 138 Å². The summed E-state index contributed by atoms with van der Waals surface area (Å²) < 4.78 is 15.9. The SMILES string of the molecule is Cc1ccc2nc(C(=O)N3CC4CCN(C)C(=O)C4C3)c(F)n2c1. The largest absolute Gasteiger partial charge is 0.345 e. The Kier molecular flexibility index (Phi) is 3.33. The van der Waals surface area contributed by atoms with Gasteiger partial charge >= 0.3 is 0 Å². The van der Waals surface area contributed by atoms with Gasteiger partial charge in [0, 0.05) is 32.9 Å². The van der Waals surface area contributed by atoms with Crippen molar-refractivity contribution in [1.29, 1.82) is 0 Å². The molecule has 126 valence electrons. The topological polar surface area (TPSA) is 57.9 Å². The maximum absolute atomic E-state index is 14.6. The molecule has 0 saturated carbocycles. The minimum Gasteiger partial charge on any atom is -0.345 e. The lowest BCUT2D eigenvalue weighted by molar-refractivity contribution is -0.137. The van der Waals surface area contributed by atoms with Crippen molar-refractivity contribution in [2.45, 2.75) is 13.3 Å². The molecule has 0 spiro atoms. The number of hydrogen-bond acceptors (Lipinski definition) is 3. The molecule has 0 N–H and O–H groups in total. The van der Waals surface area contributed by atoms with Crippen LogP contribution in [0.1, 0.15) is 22.5 Å². The van der Waals surface area contributed by atoms with Crippen molar-refractivity contribution in [2.75, 3.05) is 26.7 Å². The molecule has 2 fully saturated rings. The van der Waals surface area contributed by atoms with E-state index < -0.39 is 11.9 Å². The highest BCUT2D eigenvalue weighted by molar-refractivity contribution is 5.94. The number of halogens is 1. The zero-order valence-electron chi connectivity index (χ0n) is 13.7. The minimum atomic E-state index is -0.642. The number of imidazole rings is 1. The highest BCUT2D eigenvalue weighted by Gasteiger charge is 2.44. The molecule has 2 aromatic rings. The maximum Gasteiger partial charge on any atom is 0.277 e. The predicted molar refractivity (Wildman–Crippen MR) is 85.0 cm³/mol. The first-order chi connectivity index (χ1) is 11.5. The first kappa shape index (κ1) is 15.1. The highest BCUT2D eigenvalue weighted by atomic mass is 19.1. The second kappa shape index (κ2) is 5.29. The zero-order chi connectivity index (χ0) is 17.0. The Balaban J connectivity index is 1.63. The first-order valence-corrected chi connectivity index (χ1v) is 8.14. The molecule has 0 bridgehead atoms. The molecular weight excluding hydrogens is 311 g/mol. The van der Waals surface area contributed by atoms with E-state index >= 15 is 0 Å². The molecule has 2 amide bonds. The van der Waals surface area contributed by atoms with Crippen LogP contribution < -0.4 is 0 Å². The van der Waals surface area contributed by atoms with E-state index in [2.05, 4.69) is 4.98 Å². The van der Waals surface area contributed by atoms with Crippen molar-refractivity contribution >= 4 is 17.5 Å². The van der Waals surface area contributed by atoms with Gasteiger partial charge in [0.05, 0.1) is 5.92 Å². The number of carbonyl (C=O) groups is 2. The summed E-state index contributed by atoms with van der Waals surface area (Å²) in [6.07, 6.45) is 2.50. The number of piperidine rings is 1. The minimum absolute atomic E-state index is 0.0765. The number of aryl methyl sites for hydroxylation is 1. The Morgan fingerprint density at radius 2 is 2.12 bits per heavy atom. The van der Waals surface area contributed by atoms with E-state index in [0.29, 0.717) is 25.3 Å². The molecule has 2 aliphatic rings. The summed E-state index contributed by atoms with van der Waals surface area (Å²) in [4.78, 5) is 32.4. The standard InChI is InChI=1S/C17H19FN4O2/c1-10-3-4-13-19-14(15(18)22(13)7-10)17(24)21-8-11-5-6-20(2)16(23)12(11)9-21/h3-4,7,11-12H,5-6,8-9H2,1-2H3. The lowest BCUT2D eigenvalue weighted by Crippen LogP contribution is -2.42. The quantitative estimate of drug-likeness (QED) is 0.793. The second-order valence-electron chi connectivity index (χ2n) is 6.81. The first-order valence-electron chi connectivity index (χ1n) is 8.14. The van der Waals surface area contributed by atoms with Crippen LogP contribution in [0.3, 0.4) is 0 Å². The maximum atomic E-state index is 14.6. The molecule has 4 rings (SSSR count). The van der Waals surface area contributed by atoms with Crippen LogP contribution in [0.5, 0.6) is 0 Å². The number of fused-ring (bicyclic) bond motifs is 2. The van der Waals surface area contributed by atoms with Crippen molar-refractivity contribution in [1.82, 2.24) is 19.2 Å². The molecule has 0 radical (unpaired) electrons. The van der Waals surface area contributed by atoms with Gasteiger partial charge in [0.15, 0.2) is 5.69 Å². The number of aromatic nitrogens is 2. The fraction of sp³-hybridized carbons (Fsp3) is 0.471. The molecule has 4 heterocycles. The molecule has 2 aromatic heterocycles. The van der Waals surface area contributed by atoms with Crippen LogP contribution in [0.2, 0.25) is 0 Å². The summed E-state index contributed by atoms with van der Waals surface area (Å²) in [5.41, 5.74) is 1.13. The third kappa shape index (κ3) is 2.18. The van der Waals surface area contributed by atoms with E-state index in [1.807, 2.05) is 13.0 Å². The zero-order valence-corrected chi connectivity index (χ0v) is 13.7. The van der Waals surface area contributed by atoms with Crippen LogP contribution in [-0.2, 0) is 4.79 Å². The average molecular weight is 330 g/mol. The van der Waals surface area contributed by atoms with E-state index in [9.17, 15) is 14.0 Å². The number of amides is 2. The van der Waals surface area contributed by atoms with E-state index in [1.165, 1.54) is 4.40 Å². The lowest BCUT2D eigenvalue weighted by Gasteiger charge is -2.30. The number of hydrogen-bond donors (Lipinski definition) is 0. The molecule has 7 heteroatoms. The van der Waals surface area contributed by atoms with E-state index in [-0.39, 0.29) is 23.4 Å². The molecule has 0 aliphatic carbocycles. The summed E-state index contributed by atoms with van der Waals surface area (Å²) in [5, 5.41) is 0.